The maximum absolute atomic E-state index is 5.94. The number of allylic oxidation sites excluding steroid dienone is 4. The molecule has 3 atom stereocenters. The van der Waals surface area contributed by atoms with Crippen molar-refractivity contribution in [2.75, 3.05) is 56.9 Å². The van der Waals surface area contributed by atoms with Crippen LogP contribution in [0.2, 0.25) is 0 Å². The fraction of sp³-hybridized carbons (Fsp3) is 0.269. The highest BCUT2D eigenvalue weighted by atomic mass is 16.5. The highest BCUT2D eigenvalue weighted by molar-refractivity contribution is 6.30. The molecule has 2 aromatic heterocycles. The van der Waals surface area contributed by atoms with Crippen LogP contribution in [-0.2, 0) is 9.47 Å². The molecular weight excluding hydrogens is 809 g/mol. The molecule has 0 radical (unpaired) electrons. The van der Waals surface area contributed by atoms with Crippen LogP contribution in [0.25, 0.3) is 16.7 Å². The van der Waals surface area contributed by atoms with Gasteiger partial charge in [0, 0.05) is 70.5 Å². The van der Waals surface area contributed by atoms with Crippen molar-refractivity contribution in [3.05, 3.63) is 159 Å². The van der Waals surface area contributed by atoms with Crippen LogP contribution in [0.3, 0.4) is 0 Å². The average molecular weight is 861 g/mol. The van der Waals surface area contributed by atoms with Crippen LogP contribution < -0.4 is 39.1 Å². The van der Waals surface area contributed by atoms with Crippen LogP contribution in [0.15, 0.2) is 130 Å². The molecule has 1 aliphatic carbocycles. The largest absolute Gasteiger partial charge is 0.501 e. The second-order valence-corrected chi connectivity index (χ2v) is 15.8. The van der Waals surface area contributed by atoms with Gasteiger partial charge in [-0.2, -0.15) is 0 Å². The molecule has 12 heteroatoms. The Balaban J connectivity index is 1.40. The van der Waals surface area contributed by atoms with E-state index < -0.39 is 0 Å². The monoisotopic (exact) mass is 860 g/mol. The van der Waals surface area contributed by atoms with Crippen LogP contribution in [0, 0.1) is 0 Å². The van der Waals surface area contributed by atoms with Gasteiger partial charge in [-0.25, -0.2) is 0 Å². The van der Waals surface area contributed by atoms with Crippen LogP contribution in [0.5, 0.6) is 34.5 Å². The summed E-state index contributed by atoms with van der Waals surface area (Å²) in [4.78, 5) is 18.9. The second-order valence-electron chi connectivity index (χ2n) is 15.8. The fourth-order valence-electron chi connectivity index (χ4n) is 9.13. The average Bonchev–Trinajstić information content (AvgIpc) is 4.19. The third-order valence-electron chi connectivity index (χ3n) is 12.3. The number of hydrogen-bond donors (Lipinski definition) is 2. The summed E-state index contributed by atoms with van der Waals surface area (Å²) in [7, 11) is 13.4. The van der Waals surface area contributed by atoms with Gasteiger partial charge in [-0.15, -0.1) is 0 Å². The van der Waals surface area contributed by atoms with E-state index in [1.54, 1.807) is 56.9 Å². The first-order chi connectivity index (χ1) is 31.3. The molecule has 0 spiro atoms. The van der Waals surface area contributed by atoms with Crippen molar-refractivity contribution in [2.45, 2.75) is 37.3 Å². The summed E-state index contributed by atoms with van der Waals surface area (Å²) in [5, 5.41) is 1.74. The van der Waals surface area contributed by atoms with Crippen LogP contribution in [-0.4, -0.2) is 90.4 Å². The van der Waals surface area contributed by atoms with Gasteiger partial charge in [0.1, 0.15) is 34.5 Å². The van der Waals surface area contributed by atoms with Crippen molar-refractivity contribution in [3.8, 4) is 34.5 Å². The van der Waals surface area contributed by atoms with Gasteiger partial charge in [0.15, 0.2) is 0 Å². The number of nitrogens with zero attached hydrogens (tertiary/aromatic N) is 2. The molecule has 328 valence electrons. The number of benzene rings is 3. The van der Waals surface area contributed by atoms with Gasteiger partial charge >= 0.3 is 0 Å². The molecule has 5 aromatic rings. The van der Waals surface area contributed by atoms with Crippen LogP contribution in [0.1, 0.15) is 53.3 Å². The molecule has 4 aliphatic rings. The Kier molecular flexibility index (Phi) is 11.8. The summed E-state index contributed by atoms with van der Waals surface area (Å²) < 4.78 is 46.7. The molecular formula is C52H52N4O8. The Morgan fingerprint density at radius 2 is 1.16 bits per heavy atom. The summed E-state index contributed by atoms with van der Waals surface area (Å²) in [6, 6.07) is 26.0. The lowest BCUT2D eigenvalue weighted by Gasteiger charge is -2.23. The quantitative estimate of drug-likeness (QED) is 0.130. The molecule has 3 unspecified atom stereocenters. The lowest BCUT2D eigenvalue weighted by Crippen LogP contribution is -2.23. The first-order valence-corrected chi connectivity index (χ1v) is 21.2. The Morgan fingerprint density at radius 3 is 1.73 bits per heavy atom. The summed E-state index contributed by atoms with van der Waals surface area (Å²) in [5.41, 5.74) is 10.9. The van der Waals surface area contributed by atoms with Crippen molar-refractivity contribution < 1.29 is 37.9 Å². The lowest BCUT2D eigenvalue weighted by molar-refractivity contribution is 0.121. The molecule has 12 nitrogen and oxygen atoms in total. The SMILES string of the molecule is COC1=CC(/C2=c3\cc/c([nH]3)=C(\c3cc(OC)cc(OC)c3)C3=N/C(=C(/c4cc(OC)cc(OC)c4)c4ccc([nH]4)C(c4cc(OC)cc(OC)c4)C4C=CC2=N4)CC3)=CC(OC)C1. The van der Waals surface area contributed by atoms with Gasteiger partial charge in [0.05, 0.1) is 90.7 Å². The molecule has 0 amide bonds. The number of aliphatic imine (C=N–C) groups is 2. The lowest BCUT2D eigenvalue weighted by atomic mass is 9.88. The summed E-state index contributed by atoms with van der Waals surface area (Å²) in [6.45, 7) is 0. The molecule has 5 heterocycles. The van der Waals surface area contributed by atoms with Gasteiger partial charge < -0.3 is 47.9 Å². The van der Waals surface area contributed by atoms with Crippen LogP contribution in [0.4, 0.5) is 0 Å². The Bertz CT molecular complexity index is 2880. The molecule has 2 N–H and O–H groups in total. The molecule has 8 bridgehead atoms. The van der Waals surface area contributed by atoms with E-state index in [2.05, 4.69) is 70.7 Å². The van der Waals surface area contributed by atoms with E-state index >= 15 is 0 Å². The number of rotatable bonds is 12. The minimum Gasteiger partial charge on any atom is -0.501 e. The predicted octanol–water partition coefficient (Wildman–Crippen LogP) is 7.84. The van der Waals surface area contributed by atoms with E-state index in [1.807, 2.05) is 42.5 Å². The molecule has 3 aromatic carbocycles. The maximum Gasteiger partial charge on any atom is 0.123 e. The zero-order valence-electron chi connectivity index (χ0n) is 37.3. The zero-order valence-corrected chi connectivity index (χ0v) is 37.3. The standard InChI is InChI=1S/C52H52N4O8/c1-57-33-17-29(18-34(25-33)58-2)49-41-9-11-43(53-41)50(30-19-35(59-3)26-36(20-30)60-4)45-13-15-47(55-45)52(32-23-39(63-7)28-40(24-32)64-8)48-16-14-46(56-48)51(44-12-10-42(49)54-44)31-21-37(61-5)27-38(22-31)62-6/h9-13,15,17-25,27-28,35,41,49,54-55H,14,16,26H2,1-8H3/b50-45-,51-46-,52-47-. The van der Waals surface area contributed by atoms with Crippen molar-refractivity contribution in [3.63, 3.8) is 0 Å². The molecule has 0 saturated heterocycles. The minimum atomic E-state index is -0.334. The third-order valence-corrected chi connectivity index (χ3v) is 12.3. The zero-order chi connectivity index (χ0) is 44.5. The highest BCUT2D eigenvalue weighted by Crippen LogP contribution is 2.42. The summed E-state index contributed by atoms with van der Waals surface area (Å²) >= 11 is 0. The summed E-state index contributed by atoms with van der Waals surface area (Å²) in [6.07, 6.45) is 10.3. The predicted molar refractivity (Wildman–Crippen MR) is 249 cm³/mol. The van der Waals surface area contributed by atoms with E-state index in [9.17, 15) is 0 Å². The third kappa shape index (κ3) is 8.01. The number of aromatic amines is 2. The maximum atomic E-state index is 5.94. The van der Waals surface area contributed by atoms with E-state index in [4.69, 9.17) is 47.9 Å². The van der Waals surface area contributed by atoms with Gasteiger partial charge in [0.2, 0.25) is 0 Å². The normalized spacial score (nSPS) is 22.0. The Morgan fingerprint density at radius 1 is 0.578 bits per heavy atom. The van der Waals surface area contributed by atoms with Crippen molar-refractivity contribution in [2.24, 2.45) is 9.98 Å². The molecule has 64 heavy (non-hydrogen) atoms. The van der Waals surface area contributed by atoms with E-state index in [0.717, 1.165) is 83.9 Å². The first kappa shape index (κ1) is 42.1. The summed E-state index contributed by atoms with van der Waals surface area (Å²) in [5.74, 6) is 4.56. The van der Waals surface area contributed by atoms with Crippen molar-refractivity contribution in [1.29, 1.82) is 0 Å². The van der Waals surface area contributed by atoms with E-state index in [-0.39, 0.29) is 18.1 Å². The van der Waals surface area contributed by atoms with Gasteiger partial charge in [-0.3, -0.25) is 9.98 Å². The topological polar surface area (TPSA) is 130 Å². The van der Waals surface area contributed by atoms with E-state index in [0.29, 0.717) is 53.8 Å². The highest BCUT2D eigenvalue weighted by Gasteiger charge is 2.32. The van der Waals surface area contributed by atoms with Gasteiger partial charge in [-0.05, 0) is 114 Å². The number of ether oxygens (including phenoxy) is 8. The molecule has 0 saturated carbocycles. The van der Waals surface area contributed by atoms with E-state index in [1.165, 1.54) is 0 Å². The van der Waals surface area contributed by atoms with Gasteiger partial charge in [0.25, 0.3) is 0 Å². The first-order valence-electron chi connectivity index (χ1n) is 21.2. The number of hydrogen-bond acceptors (Lipinski definition) is 10. The number of H-pyrrole nitrogens is 2. The van der Waals surface area contributed by atoms with Gasteiger partial charge in [-0.1, -0.05) is 6.08 Å². The molecule has 0 fully saturated rings. The minimum absolute atomic E-state index is 0.198. The number of fused-ring (bicyclic) bond motifs is 6. The second kappa shape index (κ2) is 17.9. The number of aromatic nitrogens is 2. The fourth-order valence-corrected chi connectivity index (χ4v) is 9.13. The van der Waals surface area contributed by atoms with Crippen molar-refractivity contribution in [1.82, 2.24) is 9.97 Å². The number of nitrogens with one attached hydrogen (secondary N) is 2. The van der Waals surface area contributed by atoms with Crippen LogP contribution >= 0.6 is 0 Å². The van der Waals surface area contributed by atoms with Crippen molar-refractivity contribution >= 4 is 28.1 Å². The Labute approximate surface area is 372 Å². The molecule has 9 rings (SSSR count). The number of methoxy groups -OCH3 is 8. The smallest absolute Gasteiger partial charge is 0.123 e. The molecule has 3 aliphatic heterocycles. The Hall–Kier alpha value is -7.18.